The van der Waals surface area contributed by atoms with Crippen molar-refractivity contribution in [3.8, 4) is 0 Å². The zero-order valence-electron chi connectivity index (χ0n) is 11.4. The second-order valence-electron chi connectivity index (χ2n) is 5.42. The number of sulfonamides is 1. The summed E-state index contributed by atoms with van der Waals surface area (Å²) in [6.07, 6.45) is 2.03. The number of nitrogens with two attached hydrogens (primary N) is 1. The van der Waals surface area contributed by atoms with E-state index in [1.54, 1.807) is 13.8 Å². The Balaban J connectivity index is 2.46. The maximum Gasteiger partial charge on any atom is 0.246 e. The second kappa shape index (κ2) is 5.50. The Hall–Kier alpha value is -0.850. The summed E-state index contributed by atoms with van der Waals surface area (Å²) in [5, 5.41) is 0.109. The molecule has 1 saturated carbocycles. The predicted octanol–water partition coefficient (Wildman–Crippen LogP) is 2.87. The van der Waals surface area contributed by atoms with E-state index in [4.69, 9.17) is 17.3 Å². The van der Waals surface area contributed by atoms with Crippen LogP contribution in [0.5, 0.6) is 0 Å². The SMILES string of the molecule is CC(C)N(CC1CC1)S(=O)(=O)c1cc(Cl)cc(N)c1F. The van der Waals surface area contributed by atoms with Gasteiger partial charge in [0.2, 0.25) is 10.0 Å². The van der Waals surface area contributed by atoms with E-state index in [0.717, 1.165) is 18.9 Å². The summed E-state index contributed by atoms with van der Waals surface area (Å²) < 4.78 is 40.7. The molecule has 0 aromatic heterocycles. The number of hydrogen-bond acceptors (Lipinski definition) is 3. The third-order valence-electron chi connectivity index (χ3n) is 3.33. The normalized spacial score (nSPS) is 16.1. The molecule has 0 aliphatic heterocycles. The summed E-state index contributed by atoms with van der Waals surface area (Å²) in [6, 6.07) is 2.07. The lowest BCUT2D eigenvalue weighted by Gasteiger charge is -2.26. The highest BCUT2D eigenvalue weighted by atomic mass is 35.5. The molecule has 0 bridgehead atoms. The van der Waals surface area contributed by atoms with Crippen LogP contribution >= 0.6 is 11.6 Å². The van der Waals surface area contributed by atoms with Crippen molar-refractivity contribution in [2.24, 2.45) is 5.92 Å². The number of hydrogen-bond donors (Lipinski definition) is 1. The van der Waals surface area contributed by atoms with E-state index in [0.29, 0.717) is 12.5 Å². The number of halogens is 2. The van der Waals surface area contributed by atoms with Crippen LogP contribution in [0.25, 0.3) is 0 Å². The molecule has 0 amide bonds. The number of rotatable bonds is 5. The van der Waals surface area contributed by atoms with Crippen molar-refractivity contribution < 1.29 is 12.8 Å². The van der Waals surface area contributed by atoms with Crippen LogP contribution in [0.3, 0.4) is 0 Å². The van der Waals surface area contributed by atoms with Gasteiger partial charge in [-0.05, 0) is 44.7 Å². The molecule has 4 nitrogen and oxygen atoms in total. The molecular formula is C13H18ClFN2O2S. The number of nitrogens with zero attached hydrogens (tertiary/aromatic N) is 1. The Bertz CT molecular complexity index is 615. The summed E-state index contributed by atoms with van der Waals surface area (Å²) in [5.74, 6) is -0.567. The van der Waals surface area contributed by atoms with Crippen LogP contribution in [0.15, 0.2) is 17.0 Å². The molecule has 1 aromatic carbocycles. The van der Waals surface area contributed by atoms with Gasteiger partial charge in [-0.15, -0.1) is 0 Å². The monoisotopic (exact) mass is 320 g/mol. The molecule has 0 spiro atoms. The molecule has 112 valence electrons. The van der Waals surface area contributed by atoms with E-state index in [2.05, 4.69) is 0 Å². The first-order chi connectivity index (χ1) is 9.23. The van der Waals surface area contributed by atoms with Crippen molar-refractivity contribution in [2.75, 3.05) is 12.3 Å². The van der Waals surface area contributed by atoms with E-state index in [9.17, 15) is 12.8 Å². The fraction of sp³-hybridized carbons (Fsp3) is 0.538. The van der Waals surface area contributed by atoms with Gasteiger partial charge in [-0.3, -0.25) is 0 Å². The number of nitrogen functional groups attached to an aromatic ring is 1. The van der Waals surface area contributed by atoms with Gasteiger partial charge in [-0.25, -0.2) is 12.8 Å². The molecule has 1 aliphatic rings. The molecule has 0 heterocycles. The van der Waals surface area contributed by atoms with Crippen LogP contribution in [0, 0.1) is 11.7 Å². The predicted molar refractivity (Wildman–Crippen MR) is 77.6 cm³/mol. The smallest absolute Gasteiger partial charge is 0.246 e. The standard InChI is InChI=1S/C13H18ClFN2O2S/c1-8(2)17(7-9-3-4-9)20(18,19)12-6-10(14)5-11(16)13(12)15/h5-6,8-9H,3-4,7,16H2,1-2H3. The lowest BCUT2D eigenvalue weighted by molar-refractivity contribution is 0.340. The number of benzene rings is 1. The Kier molecular flexibility index (Phi) is 4.27. The molecule has 1 aromatic rings. The zero-order valence-corrected chi connectivity index (χ0v) is 13.0. The molecular weight excluding hydrogens is 303 g/mol. The molecule has 20 heavy (non-hydrogen) atoms. The first kappa shape index (κ1) is 15.5. The van der Waals surface area contributed by atoms with Crippen LogP contribution in [0.1, 0.15) is 26.7 Å². The Morgan fingerprint density at radius 1 is 1.45 bits per heavy atom. The van der Waals surface area contributed by atoms with Gasteiger partial charge in [0.1, 0.15) is 4.90 Å². The van der Waals surface area contributed by atoms with Crippen LogP contribution in [-0.2, 0) is 10.0 Å². The van der Waals surface area contributed by atoms with Gasteiger partial charge in [0.25, 0.3) is 0 Å². The first-order valence-electron chi connectivity index (χ1n) is 6.50. The minimum Gasteiger partial charge on any atom is -0.396 e. The Morgan fingerprint density at radius 2 is 2.05 bits per heavy atom. The van der Waals surface area contributed by atoms with E-state index in [1.165, 1.54) is 10.4 Å². The van der Waals surface area contributed by atoms with E-state index in [1.807, 2.05) is 0 Å². The molecule has 2 rings (SSSR count). The third-order valence-corrected chi connectivity index (χ3v) is 5.59. The average Bonchev–Trinajstić information content (AvgIpc) is 3.13. The van der Waals surface area contributed by atoms with Gasteiger partial charge < -0.3 is 5.73 Å². The Labute approximate surface area is 123 Å². The van der Waals surface area contributed by atoms with Gasteiger partial charge in [0, 0.05) is 17.6 Å². The fourth-order valence-corrected chi connectivity index (χ4v) is 4.17. The topological polar surface area (TPSA) is 63.4 Å². The first-order valence-corrected chi connectivity index (χ1v) is 8.31. The Morgan fingerprint density at radius 3 is 2.55 bits per heavy atom. The maximum atomic E-state index is 14.1. The largest absolute Gasteiger partial charge is 0.396 e. The lowest BCUT2D eigenvalue weighted by atomic mass is 10.3. The van der Waals surface area contributed by atoms with E-state index >= 15 is 0 Å². The van der Waals surface area contributed by atoms with E-state index < -0.39 is 20.7 Å². The summed E-state index contributed by atoms with van der Waals surface area (Å²) in [7, 11) is -3.94. The van der Waals surface area contributed by atoms with Gasteiger partial charge in [0.15, 0.2) is 5.82 Å². The minimum absolute atomic E-state index is 0.109. The highest BCUT2D eigenvalue weighted by Crippen LogP contribution is 2.34. The highest BCUT2D eigenvalue weighted by molar-refractivity contribution is 7.89. The summed E-state index contributed by atoms with van der Waals surface area (Å²) in [5.41, 5.74) is 5.21. The lowest BCUT2D eigenvalue weighted by Crippen LogP contribution is -2.38. The van der Waals surface area contributed by atoms with Crippen LogP contribution in [0.2, 0.25) is 5.02 Å². The van der Waals surface area contributed by atoms with Gasteiger partial charge >= 0.3 is 0 Å². The van der Waals surface area contributed by atoms with Gasteiger partial charge in [-0.2, -0.15) is 4.31 Å². The summed E-state index contributed by atoms with van der Waals surface area (Å²) in [4.78, 5) is -0.447. The second-order valence-corrected chi connectivity index (χ2v) is 7.71. The summed E-state index contributed by atoms with van der Waals surface area (Å²) in [6.45, 7) is 3.95. The van der Waals surface area contributed by atoms with Gasteiger partial charge in [0.05, 0.1) is 5.69 Å². The molecule has 0 atom stereocenters. The average molecular weight is 321 g/mol. The summed E-state index contributed by atoms with van der Waals surface area (Å²) >= 11 is 5.80. The maximum absolute atomic E-state index is 14.1. The van der Waals surface area contributed by atoms with Crippen molar-refractivity contribution >= 4 is 27.3 Å². The fourth-order valence-electron chi connectivity index (χ4n) is 2.04. The van der Waals surface area contributed by atoms with Crippen LogP contribution in [0.4, 0.5) is 10.1 Å². The third kappa shape index (κ3) is 3.07. The van der Waals surface area contributed by atoms with Gasteiger partial charge in [-0.1, -0.05) is 11.6 Å². The zero-order chi connectivity index (χ0) is 15.1. The molecule has 1 fully saturated rings. The molecule has 2 N–H and O–H groups in total. The molecule has 0 unspecified atom stereocenters. The molecule has 1 aliphatic carbocycles. The van der Waals surface area contributed by atoms with Crippen molar-refractivity contribution in [1.29, 1.82) is 0 Å². The molecule has 0 radical (unpaired) electrons. The minimum atomic E-state index is -3.94. The quantitative estimate of drug-likeness (QED) is 0.848. The molecule has 7 heteroatoms. The molecule has 0 saturated heterocycles. The van der Waals surface area contributed by atoms with E-state index in [-0.39, 0.29) is 16.8 Å². The van der Waals surface area contributed by atoms with Crippen LogP contribution < -0.4 is 5.73 Å². The van der Waals surface area contributed by atoms with Crippen molar-refractivity contribution in [1.82, 2.24) is 4.31 Å². The van der Waals surface area contributed by atoms with Crippen LogP contribution in [-0.4, -0.2) is 25.3 Å². The highest BCUT2D eigenvalue weighted by Gasteiger charge is 2.35. The van der Waals surface area contributed by atoms with Crippen molar-refractivity contribution in [2.45, 2.75) is 37.6 Å². The van der Waals surface area contributed by atoms with Crippen molar-refractivity contribution in [3.05, 3.63) is 23.0 Å². The number of anilines is 1. The van der Waals surface area contributed by atoms with Crippen molar-refractivity contribution in [3.63, 3.8) is 0 Å².